The van der Waals surface area contributed by atoms with Crippen molar-refractivity contribution in [1.29, 1.82) is 0 Å². The number of thioether (sulfide) groups is 1. The van der Waals surface area contributed by atoms with Crippen molar-refractivity contribution in [2.24, 2.45) is 0 Å². The molecule has 160 valence electrons. The number of ether oxygens (including phenoxy) is 1. The normalized spacial score (nSPS) is 11.1. The van der Waals surface area contributed by atoms with E-state index in [0.29, 0.717) is 22.4 Å². The summed E-state index contributed by atoms with van der Waals surface area (Å²) in [5, 5.41) is 16.1. The van der Waals surface area contributed by atoms with E-state index in [1.54, 1.807) is 16.0 Å². The van der Waals surface area contributed by atoms with Crippen molar-refractivity contribution in [1.82, 2.24) is 24.5 Å². The zero-order valence-corrected chi connectivity index (χ0v) is 19.4. The molecule has 0 unspecified atom stereocenters. The van der Waals surface area contributed by atoms with Gasteiger partial charge < -0.3 is 9.30 Å². The summed E-state index contributed by atoms with van der Waals surface area (Å²) in [6, 6.07) is 13.6. The van der Waals surface area contributed by atoms with Crippen molar-refractivity contribution in [3.8, 4) is 16.4 Å². The van der Waals surface area contributed by atoms with Crippen LogP contribution in [0.25, 0.3) is 16.4 Å². The minimum absolute atomic E-state index is 0.0673. The molecule has 0 bridgehead atoms. The number of para-hydroxylation sites is 1. The number of hydrogen-bond acceptors (Lipinski definition) is 7. The van der Waals surface area contributed by atoms with E-state index in [1.807, 2.05) is 66.3 Å². The quantitative estimate of drug-likeness (QED) is 0.264. The molecular weight excluding hydrogens is 454 g/mol. The number of thiophene rings is 1. The van der Waals surface area contributed by atoms with Gasteiger partial charge in [-0.2, -0.15) is 5.10 Å². The average Bonchev–Trinajstić information content (AvgIpc) is 3.51. The van der Waals surface area contributed by atoms with Crippen LogP contribution in [0.5, 0.6) is 0 Å². The summed E-state index contributed by atoms with van der Waals surface area (Å²) in [4.78, 5) is 13.4. The van der Waals surface area contributed by atoms with E-state index in [1.165, 1.54) is 11.8 Å². The van der Waals surface area contributed by atoms with E-state index in [2.05, 4.69) is 15.3 Å². The lowest BCUT2D eigenvalue weighted by atomic mass is 10.3. The third kappa shape index (κ3) is 4.68. The molecule has 7 nitrogen and oxygen atoms in total. The van der Waals surface area contributed by atoms with Crippen LogP contribution < -0.4 is 0 Å². The molecule has 0 saturated carbocycles. The summed E-state index contributed by atoms with van der Waals surface area (Å²) in [6.07, 6.45) is 0. The number of carbonyl (C=O) groups is 1. The van der Waals surface area contributed by atoms with Gasteiger partial charge in [0.25, 0.3) is 0 Å². The average molecular weight is 474 g/mol. The highest BCUT2D eigenvalue weighted by molar-refractivity contribution is 7.99. The number of halogens is 1. The Bertz CT molecular complexity index is 1170. The summed E-state index contributed by atoms with van der Waals surface area (Å²) >= 11 is 9.41. The summed E-state index contributed by atoms with van der Waals surface area (Å²) in [7, 11) is 0. The minimum Gasteiger partial charge on any atom is -0.460 e. The molecule has 10 heteroatoms. The van der Waals surface area contributed by atoms with Gasteiger partial charge in [-0.1, -0.05) is 47.6 Å². The molecule has 0 aliphatic rings. The molecular formula is C21H20ClN5O2S2. The molecule has 0 spiro atoms. The monoisotopic (exact) mass is 473 g/mol. The molecule has 4 aromatic rings. The van der Waals surface area contributed by atoms with E-state index >= 15 is 0 Å². The predicted octanol–water partition coefficient (Wildman–Crippen LogP) is 5.01. The number of esters is 1. The second kappa shape index (κ2) is 9.67. The van der Waals surface area contributed by atoms with Crippen LogP contribution in [0, 0.1) is 6.92 Å². The Labute approximate surface area is 193 Å². The molecule has 0 aliphatic carbocycles. The van der Waals surface area contributed by atoms with Gasteiger partial charge in [0.2, 0.25) is 0 Å². The van der Waals surface area contributed by atoms with Gasteiger partial charge >= 0.3 is 5.97 Å². The number of benzene rings is 1. The highest BCUT2D eigenvalue weighted by atomic mass is 35.5. The Hall–Kier alpha value is -2.62. The standard InChI is InChI=1S/C21H20ClN5O2S2/c1-3-26-20(17-10-7-11-30-17)23-24-21(26)31-13-18(28)29-12-16-14(2)25-27(19(16)22)15-8-5-4-6-9-15/h4-11H,3,12-13H2,1-2H3. The van der Waals surface area contributed by atoms with Gasteiger partial charge in [-0.3, -0.25) is 4.79 Å². The zero-order chi connectivity index (χ0) is 21.8. The van der Waals surface area contributed by atoms with Crippen molar-refractivity contribution in [3.63, 3.8) is 0 Å². The zero-order valence-electron chi connectivity index (χ0n) is 17.0. The fraction of sp³-hybridized carbons (Fsp3) is 0.238. The lowest BCUT2D eigenvalue weighted by Crippen LogP contribution is -2.09. The van der Waals surface area contributed by atoms with Gasteiger partial charge in [0.15, 0.2) is 11.0 Å². The topological polar surface area (TPSA) is 74.8 Å². The Balaban J connectivity index is 1.38. The van der Waals surface area contributed by atoms with Gasteiger partial charge in [0, 0.05) is 12.1 Å². The first-order chi connectivity index (χ1) is 15.1. The van der Waals surface area contributed by atoms with Gasteiger partial charge in [-0.15, -0.1) is 21.5 Å². The number of carbonyl (C=O) groups excluding carboxylic acids is 1. The van der Waals surface area contributed by atoms with E-state index in [-0.39, 0.29) is 18.3 Å². The SMILES string of the molecule is CCn1c(SCC(=O)OCc2c(C)nn(-c3ccccc3)c2Cl)nnc1-c1cccs1. The van der Waals surface area contributed by atoms with Crippen LogP contribution >= 0.6 is 34.7 Å². The molecule has 0 aliphatic heterocycles. The molecule has 0 amide bonds. The summed E-state index contributed by atoms with van der Waals surface area (Å²) in [6.45, 7) is 4.65. The molecule has 3 heterocycles. The highest BCUT2D eigenvalue weighted by Crippen LogP contribution is 2.28. The molecule has 3 aromatic heterocycles. The predicted molar refractivity (Wildman–Crippen MR) is 123 cm³/mol. The van der Waals surface area contributed by atoms with Gasteiger partial charge in [-0.05, 0) is 37.4 Å². The summed E-state index contributed by atoms with van der Waals surface area (Å²) in [5.74, 6) is 0.590. The van der Waals surface area contributed by atoms with Crippen molar-refractivity contribution in [2.75, 3.05) is 5.75 Å². The van der Waals surface area contributed by atoms with E-state index in [9.17, 15) is 4.79 Å². The maximum Gasteiger partial charge on any atom is 0.316 e. The molecule has 31 heavy (non-hydrogen) atoms. The van der Waals surface area contributed by atoms with Gasteiger partial charge in [0.05, 0.1) is 22.0 Å². The van der Waals surface area contributed by atoms with Crippen LogP contribution in [0.2, 0.25) is 5.15 Å². The van der Waals surface area contributed by atoms with Crippen molar-refractivity contribution in [3.05, 3.63) is 64.3 Å². The van der Waals surface area contributed by atoms with E-state index in [4.69, 9.17) is 16.3 Å². The molecule has 0 N–H and O–H groups in total. The Morgan fingerprint density at radius 1 is 1.19 bits per heavy atom. The number of rotatable bonds is 8. The Kier molecular flexibility index (Phi) is 6.74. The largest absolute Gasteiger partial charge is 0.460 e. The number of nitrogens with zero attached hydrogens (tertiary/aromatic N) is 5. The summed E-state index contributed by atoms with van der Waals surface area (Å²) in [5.41, 5.74) is 2.27. The van der Waals surface area contributed by atoms with Crippen LogP contribution in [0.4, 0.5) is 0 Å². The molecule has 0 saturated heterocycles. The fourth-order valence-electron chi connectivity index (χ4n) is 3.02. The second-order valence-electron chi connectivity index (χ2n) is 6.58. The fourth-order valence-corrected chi connectivity index (χ4v) is 4.87. The lowest BCUT2D eigenvalue weighted by molar-refractivity contribution is -0.141. The smallest absolute Gasteiger partial charge is 0.316 e. The Morgan fingerprint density at radius 3 is 2.71 bits per heavy atom. The van der Waals surface area contributed by atoms with Crippen LogP contribution in [0.1, 0.15) is 18.2 Å². The second-order valence-corrected chi connectivity index (χ2v) is 8.83. The maximum absolute atomic E-state index is 12.4. The van der Waals surface area contributed by atoms with Crippen molar-refractivity contribution in [2.45, 2.75) is 32.2 Å². The molecule has 1 aromatic carbocycles. The van der Waals surface area contributed by atoms with Crippen molar-refractivity contribution < 1.29 is 9.53 Å². The van der Waals surface area contributed by atoms with Gasteiger partial charge in [-0.25, -0.2) is 4.68 Å². The van der Waals surface area contributed by atoms with Crippen LogP contribution in [0.15, 0.2) is 53.0 Å². The molecule has 4 rings (SSSR count). The molecule has 0 fully saturated rings. The lowest BCUT2D eigenvalue weighted by Gasteiger charge is -2.07. The third-order valence-corrected chi connectivity index (χ3v) is 6.79. The molecule has 0 radical (unpaired) electrons. The first-order valence-electron chi connectivity index (χ1n) is 9.63. The van der Waals surface area contributed by atoms with Crippen molar-refractivity contribution >= 4 is 40.7 Å². The molecule has 0 atom stereocenters. The third-order valence-electron chi connectivity index (χ3n) is 4.59. The van der Waals surface area contributed by atoms with Crippen LogP contribution in [-0.4, -0.2) is 36.3 Å². The first kappa shape index (κ1) is 21.6. The number of aromatic nitrogens is 5. The highest BCUT2D eigenvalue weighted by Gasteiger charge is 2.18. The van der Waals surface area contributed by atoms with Gasteiger partial charge in [0.1, 0.15) is 11.8 Å². The van der Waals surface area contributed by atoms with E-state index < -0.39 is 0 Å². The Morgan fingerprint density at radius 2 is 2.00 bits per heavy atom. The summed E-state index contributed by atoms with van der Waals surface area (Å²) < 4.78 is 9.10. The minimum atomic E-state index is -0.351. The number of aryl methyl sites for hydroxylation is 1. The first-order valence-corrected chi connectivity index (χ1v) is 11.9. The van der Waals surface area contributed by atoms with Crippen LogP contribution in [0.3, 0.4) is 0 Å². The maximum atomic E-state index is 12.4. The number of hydrogen-bond donors (Lipinski definition) is 0. The van der Waals surface area contributed by atoms with E-state index in [0.717, 1.165) is 22.1 Å². The van der Waals surface area contributed by atoms with Crippen LogP contribution in [-0.2, 0) is 22.7 Å².